The molecule has 1 aromatic heterocycles. The summed E-state index contributed by atoms with van der Waals surface area (Å²) < 4.78 is 0. The van der Waals surface area contributed by atoms with E-state index in [-0.39, 0.29) is 22.5 Å². The number of carbonyl (C=O) groups excluding carboxylic acids is 1. The highest BCUT2D eigenvalue weighted by Gasteiger charge is 2.19. The number of hydrogen-bond donors (Lipinski definition) is 2. The first-order valence-corrected chi connectivity index (χ1v) is 6.79. The molecule has 7 heteroatoms. The van der Waals surface area contributed by atoms with E-state index < -0.39 is 4.92 Å². The fourth-order valence-corrected chi connectivity index (χ4v) is 2.15. The highest BCUT2D eigenvalue weighted by Crippen LogP contribution is 2.23. The maximum absolute atomic E-state index is 11.8. The first kappa shape index (κ1) is 15.6. The largest absolute Gasteiger partial charge is 0.350 e. The Morgan fingerprint density at radius 2 is 2.11 bits per heavy atom. The molecule has 0 saturated heterocycles. The maximum Gasteiger partial charge on any atom is 0.324 e. The van der Waals surface area contributed by atoms with E-state index in [2.05, 4.69) is 10.6 Å². The lowest BCUT2D eigenvalue weighted by atomic mass is 10.1. The predicted octanol–water partition coefficient (Wildman–Crippen LogP) is 2.05. The minimum atomic E-state index is -0.413. The molecule has 106 valence electrons. The summed E-state index contributed by atoms with van der Waals surface area (Å²) in [4.78, 5) is 22.8. The molecule has 1 aromatic rings. The highest BCUT2D eigenvalue weighted by atomic mass is 32.1. The molecular weight excluding hydrogens is 266 g/mol. The second kappa shape index (κ2) is 6.12. The van der Waals surface area contributed by atoms with Crippen LogP contribution in [0.25, 0.3) is 0 Å². The summed E-state index contributed by atoms with van der Waals surface area (Å²) in [5.74, 6) is -0.0847. The maximum atomic E-state index is 11.8. The van der Waals surface area contributed by atoms with Gasteiger partial charge in [0.25, 0.3) is 0 Å². The molecule has 1 atom stereocenters. The molecule has 0 aromatic carbocycles. The lowest BCUT2D eigenvalue weighted by Gasteiger charge is -2.23. The van der Waals surface area contributed by atoms with Crippen LogP contribution in [-0.2, 0) is 11.3 Å². The van der Waals surface area contributed by atoms with E-state index in [0.29, 0.717) is 6.54 Å². The third-order valence-electron chi connectivity index (χ3n) is 2.30. The van der Waals surface area contributed by atoms with Crippen molar-refractivity contribution >= 4 is 22.2 Å². The van der Waals surface area contributed by atoms with Gasteiger partial charge in [-0.15, -0.1) is 0 Å². The Morgan fingerprint density at radius 3 is 2.58 bits per heavy atom. The second-order valence-electron chi connectivity index (χ2n) is 5.34. The number of nitrogens with one attached hydrogen (secondary N) is 2. The van der Waals surface area contributed by atoms with Crippen LogP contribution in [-0.4, -0.2) is 22.4 Å². The summed E-state index contributed by atoms with van der Waals surface area (Å²) in [6.07, 6.45) is 0. The Kier molecular flexibility index (Phi) is 5.02. The lowest BCUT2D eigenvalue weighted by Crippen LogP contribution is -2.49. The number of thiophene rings is 1. The monoisotopic (exact) mass is 285 g/mol. The normalized spacial score (nSPS) is 13.1. The van der Waals surface area contributed by atoms with Crippen LogP contribution in [0.3, 0.4) is 0 Å². The standard InChI is InChI=1S/C12H19N3O3S/c1-8(11(16)14-12(2,3)4)13-7-9-5-6-10(19-9)15(17)18/h5-6,8,13H,7H2,1-4H3,(H,14,16). The van der Waals surface area contributed by atoms with Crippen LogP contribution in [0.1, 0.15) is 32.6 Å². The van der Waals surface area contributed by atoms with E-state index in [0.717, 1.165) is 16.2 Å². The summed E-state index contributed by atoms with van der Waals surface area (Å²) in [6.45, 7) is 7.96. The molecule has 0 fully saturated rings. The van der Waals surface area contributed by atoms with Gasteiger partial charge in [0.1, 0.15) is 0 Å². The fourth-order valence-electron chi connectivity index (χ4n) is 1.38. The second-order valence-corrected chi connectivity index (χ2v) is 6.49. The van der Waals surface area contributed by atoms with Crippen LogP contribution < -0.4 is 10.6 Å². The minimum absolute atomic E-state index is 0.0847. The van der Waals surface area contributed by atoms with Crippen molar-refractivity contribution in [1.82, 2.24) is 10.6 Å². The van der Waals surface area contributed by atoms with Crippen LogP contribution in [0.5, 0.6) is 0 Å². The van der Waals surface area contributed by atoms with Crippen LogP contribution in [0, 0.1) is 10.1 Å². The van der Waals surface area contributed by atoms with Crippen molar-refractivity contribution in [3.63, 3.8) is 0 Å². The summed E-state index contributed by atoms with van der Waals surface area (Å²) in [7, 11) is 0. The van der Waals surface area contributed by atoms with E-state index in [1.54, 1.807) is 13.0 Å². The van der Waals surface area contributed by atoms with Gasteiger partial charge in [-0.05, 0) is 33.8 Å². The molecule has 6 nitrogen and oxygen atoms in total. The number of carbonyl (C=O) groups is 1. The highest BCUT2D eigenvalue weighted by molar-refractivity contribution is 7.15. The lowest BCUT2D eigenvalue weighted by molar-refractivity contribution is -0.380. The first-order chi connectivity index (χ1) is 8.69. The molecule has 1 heterocycles. The molecule has 2 N–H and O–H groups in total. The van der Waals surface area contributed by atoms with Crippen LogP contribution in [0.15, 0.2) is 12.1 Å². The van der Waals surface area contributed by atoms with Crippen molar-refractivity contribution in [2.45, 2.75) is 45.8 Å². The average Bonchev–Trinajstić information content (AvgIpc) is 2.72. The molecule has 1 unspecified atom stereocenters. The number of rotatable bonds is 5. The molecule has 0 saturated carbocycles. The Bertz CT molecular complexity index is 465. The number of hydrogen-bond acceptors (Lipinski definition) is 5. The van der Waals surface area contributed by atoms with Crippen molar-refractivity contribution in [3.8, 4) is 0 Å². The molecule has 0 radical (unpaired) electrons. The summed E-state index contributed by atoms with van der Waals surface area (Å²) in [5.41, 5.74) is -0.269. The zero-order valence-corrected chi connectivity index (χ0v) is 12.3. The Labute approximate surface area is 116 Å². The molecule has 1 rings (SSSR count). The van der Waals surface area contributed by atoms with Gasteiger partial charge in [-0.1, -0.05) is 11.3 Å². The zero-order valence-electron chi connectivity index (χ0n) is 11.5. The van der Waals surface area contributed by atoms with Crippen molar-refractivity contribution in [1.29, 1.82) is 0 Å². The smallest absolute Gasteiger partial charge is 0.324 e. The van der Waals surface area contributed by atoms with Crippen LogP contribution in [0.2, 0.25) is 0 Å². The zero-order chi connectivity index (χ0) is 14.6. The van der Waals surface area contributed by atoms with Gasteiger partial charge in [0, 0.05) is 23.0 Å². The van der Waals surface area contributed by atoms with Crippen molar-refractivity contribution in [3.05, 3.63) is 27.1 Å². The molecule has 0 aliphatic rings. The number of amides is 1. The molecule has 0 aliphatic carbocycles. The van der Waals surface area contributed by atoms with Gasteiger partial charge in [0.05, 0.1) is 11.0 Å². The quantitative estimate of drug-likeness (QED) is 0.640. The van der Waals surface area contributed by atoms with Crippen molar-refractivity contribution in [2.75, 3.05) is 0 Å². The van der Waals surface area contributed by atoms with Gasteiger partial charge in [-0.3, -0.25) is 14.9 Å². The summed E-state index contributed by atoms with van der Waals surface area (Å²) in [5, 5.41) is 16.6. The molecule has 0 spiro atoms. The third-order valence-corrected chi connectivity index (χ3v) is 3.34. The van der Waals surface area contributed by atoms with Gasteiger partial charge in [0.15, 0.2) is 0 Å². The third kappa shape index (κ3) is 5.35. The molecule has 19 heavy (non-hydrogen) atoms. The average molecular weight is 285 g/mol. The van der Waals surface area contributed by atoms with Gasteiger partial charge in [0.2, 0.25) is 5.91 Å². The number of nitrogens with zero attached hydrogens (tertiary/aromatic N) is 1. The van der Waals surface area contributed by atoms with Gasteiger partial charge < -0.3 is 10.6 Å². The number of nitro groups is 1. The summed E-state index contributed by atoms with van der Waals surface area (Å²) >= 11 is 1.11. The minimum Gasteiger partial charge on any atom is -0.350 e. The SMILES string of the molecule is CC(NCc1ccc([N+](=O)[O-])s1)C(=O)NC(C)(C)C. The van der Waals surface area contributed by atoms with E-state index in [9.17, 15) is 14.9 Å². The Hall–Kier alpha value is -1.47. The summed E-state index contributed by atoms with van der Waals surface area (Å²) in [6, 6.07) is 2.83. The van der Waals surface area contributed by atoms with Gasteiger partial charge in [-0.2, -0.15) is 0 Å². The molecule has 1 amide bonds. The van der Waals surface area contributed by atoms with E-state index >= 15 is 0 Å². The van der Waals surface area contributed by atoms with E-state index in [1.807, 2.05) is 20.8 Å². The van der Waals surface area contributed by atoms with E-state index in [1.165, 1.54) is 6.07 Å². The topological polar surface area (TPSA) is 84.3 Å². The van der Waals surface area contributed by atoms with Crippen molar-refractivity contribution in [2.24, 2.45) is 0 Å². The molecular formula is C12H19N3O3S. The van der Waals surface area contributed by atoms with Crippen molar-refractivity contribution < 1.29 is 9.72 Å². The molecule has 0 aliphatic heterocycles. The van der Waals surface area contributed by atoms with Crippen LogP contribution >= 0.6 is 11.3 Å². The van der Waals surface area contributed by atoms with Gasteiger partial charge >= 0.3 is 5.00 Å². The molecule has 0 bridgehead atoms. The van der Waals surface area contributed by atoms with E-state index in [4.69, 9.17) is 0 Å². The van der Waals surface area contributed by atoms with Gasteiger partial charge in [-0.25, -0.2) is 0 Å². The Morgan fingerprint density at radius 1 is 1.47 bits per heavy atom. The van der Waals surface area contributed by atoms with Crippen LogP contribution in [0.4, 0.5) is 5.00 Å². The predicted molar refractivity (Wildman–Crippen MR) is 75.2 cm³/mol. The fraction of sp³-hybridized carbons (Fsp3) is 0.583. The Balaban J connectivity index is 2.47. The first-order valence-electron chi connectivity index (χ1n) is 5.97.